The van der Waals surface area contributed by atoms with Crippen LogP contribution in [0.4, 0.5) is 4.39 Å². The molecule has 2 nitrogen and oxygen atoms in total. The molecule has 20 heavy (non-hydrogen) atoms. The molecular weight excluding hydrogens is 253 g/mol. The molecule has 1 aliphatic rings. The van der Waals surface area contributed by atoms with Crippen LogP contribution in [-0.2, 0) is 0 Å². The largest absolute Gasteiger partial charge is 0.396 e. The molecule has 0 bridgehead atoms. The number of aliphatic hydroxyl groups is 1. The van der Waals surface area contributed by atoms with Crippen LogP contribution in [0.25, 0.3) is 0 Å². The lowest BCUT2D eigenvalue weighted by Crippen LogP contribution is -2.30. The van der Waals surface area contributed by atoms with Crippen molar-refractivity contribution < 1.29 is 9.50 Å². The number of aliphatic hydroxyl groups excluding tert-OH is 1. The van der Waals surface area contributed by atoms with Crippen LogP contribution in [0.3, 0.4) is 0 Å². The number of rotatable bonds is 5. The van der Waals surface area contributed by atoms with Crippen LogP contribution in [0.1, 0.15) is 43.7 Å². The van der Waals surface area contributed by atoms with E-state index in [-0.39, 0.29) is 5.82 Å². The van der Waals surface area contributed by atoms with Crippen molar-refractivity contribution >= 4 is 0 Å². The van der Waals surface area contributed by atoms with Gasteiger partial charge in [-0.05, 0) is 62.9 Å². The molecule has 0 spiro atoms. The predicted molar refractivity (Wildman–Crippen MR) is 80.0 cm³/mol. The van der Waals surface area contributed by atoms with Crippen LogP contribution in [0, 0.1) is 17.7 Å². The Labute approximate surface area is 121 Å². The summed E-state index contributed by atoms with van der Waals surface area (Å²) >= 11 is 0. The van der Waals surface area contributed by atoms with Crippen molar-refractivity contribution in [2.75, 3.05) is 20.7 Å². The summed E-state index contributed by atoms with van der Waals surface area (Å²) in [6.07, 6.45) is 5.75. The van der Waals surface area contributed by atoms with Crippen molar-refractivity contribution in [1.29, 1.82) is 0 Å². The molecule has 1 aliphatic carbocycles. The van der Waals surface area contributed by atoms with Gasteiger partial charge in [0.2, 0.25) is 0 Å². The van der Waals surface area contributed by atoms with Gasteiger partial charge in [-0.1, -0.05) is 25.0 Å². The summed E-state index contributed by atoms with van der Waals surface area (Å²) in [5, 5.41) is 9.04. The van der Waals surface area contributed by atoms with Crippen molar-refractivity contribution in [2.45, 2.75) is 38.1 Å². The maximum absolute atomic E-state index is 13.1. The molecule has 1 aromatic carbocycles. The molecule has 0 saturated heterocycles. The molecule has 1 unspecified atom stereocenters. The standard InChI is InChI=1S/C17H26FNO/c1-19(2)17(15-7-9-16(18)10-8-15)14-5-3-13(4-6-14)11-12-20/h7-10,13-14,17,20H,3-6,11-12H2,1-2H3. The molecule has 1 saturated carbocycles. The minimum absolute atomic E-state index is 0.169. The first-order chi connectivity index (χ1) is 9.61. The molecule has 1 atom stereocenters. The van der Waals surface area contributed by atoms with Crippen LogP contribution in [0.15, 0.2) is 24.3 Å². The van der Waals surface area contributed by atoms with Gasteiger partial charge in [-0.15, -0.1) is 0 Å². The second-order valence-corrected chi connectivity index (χ2v) is 6.25. The van der Waals surface area contributed by atoms with Crippen LogP contribution in [-0.4, -0.2) is 30.7 Å². The molecule has 112 valence electrons. The topological polar surface area (TPSA) is 23.5 Å². The van der Waals surface area contributed by atoms with Crippen LogP contribution >= 0.6 is 0 Å². The molecule has 0 aromatic heterocycles. The first-order valence-electron chi connectivity index (χ1n) is 7.64. The Morgan fingerprint density at radius 3 is 2.25 bits per heavy atom. The third-order valence-corrected chi connectivity index (χ3v) is 4.64. The lowest BCUT2D eigenvalue weighted by molar-refractivity contribution is 0.136. The van der Waals surface area contributed by atoms with E-state index in [1.165, 1.54) is 31.2 Å². The Bertz CT molecular complexity index is 396. The van der Waals surface area contributed by atoms with Gasteiger partial charge in [0.15, 0.2) is 0 Å². The van der Waals surface area contributed by atoms with Gasteiger partial charge in [0.25, 0.3) is 0 Å². The molecule has 1 aromatic rings. The monoisotopic (exact) mass is 279 g/mol. The van der Waals surface area contributed by atoms with E-state index in [1.807, 2.05) is 12.1 Å². The first kappa shape index (κ1) is 15.5. The van der Waals surface area contributed by atoms with Crippen molar-refractivity contribution in [3.05, 3.63) is 35.6 Å². The minimum Gasteiger partial charge on any atom is -0.396 e. The Morgan fingerprint density at radius 2 is 1.75 bits per heavy atom. The Balaban J connectivity index is 2.05. The quantitative estimate of drug-likeness (QED) is 0.890. The fraction of sp³-hybridized carbons (Fsp3) is 0.647. The highest BCUT2D eigenvalue weighted by molar-refractivity contribution is 5.21. The van der Waals surface area contributed by atoms with E-state index in [1.54, 1.807) is 12.1 Å². The molecule has 0 radical (unpaired) electrons. The van der Waals surface area contributed by atoms with Gasteiger partial charge >= 0.3 is 0 Å². The lowest BCUT2D eigenvalue weighted by atomic mass is 9.75. The summed E-state index contributed by atoms with van der Waals surface area (Å²) in [4.78, 5) is 2.25. The van der Waals surface area contributed by atoms with Crippen LogP contribution < -0.4 is 0 Å². The minimum atomic E-state index is -0.169. The maximum atomic E-state index is 13.1. The summed E-state index contributed by atoms with van der Waals surface area (Å²) in [6.45, 7) is 0.310. The lowest BCUT2D eigenvalue weighted by Gasteiger charge is -2.37. The van der Waals surface area contributed by atoms with Crippen molar-refractivity contribution in [2.24, 2.45) is 11.8 Å². The number of benzene rings is 1. The van der Waals surface area contributed by atoms with Crippen molar-refractivity contribution in [3.8, 4) is 0 Å². The second kappa shape index (κ2) is 7.19. The number of hydrogen-bond acceptors (Lipinski definition) is 2. The Morgan fingerprint density at radius 1 is 1.15 bits per heavy atom. The van der Waals surface area contributed by atoms with Gasteiger partial charge in [0.05, 0.1) is 0 Å². The highest BCUT2D eigenvalue weighted by Gasteiger charge is 2.29. The molecule has 0 amide bonds. The fourth-order valence-electron chi connectivity index (χ4n) is 3.63. The zero-order chi connectivity index (χ0) is 14.5. The summed E-state index contributed by atoms with van der Waals surface area (Å²) in [6, 6.07) is 7.32. The second-order valence-electron chi connectivity index (χ2n) is 6.25. The van der Waals surface area contributed by atoms with Gasteiger partial charge < -0.3 is 10.0 Å². The average molecular weight is 279 g/mol. The molecule has 1 fully saturated rings. The third-order valence-electron chi connectivity index (χ3n) is 4.64. The van der Waals surface area contributed by atoms with Gasteiger partial charge in [-0.25, -0.2) is 4.39 Å². The van der Waals surface area contributed by atoms with Gasteiger partial charge in [0.1, 0.15) is 5.82 Å². The SMILES string of the molecule is CN(C)C(c1ccc(F)cc1)C1CCC(CCO)CC1. The van der Waals surface area contributed by atoms with E-state index in [4.69, 9.17) is 5.11 Å². The number of nitrogens with zero attached hydrogens (tertiary/aromatic N) is 1. The van der Waals surface area contributed by atoms with Crippen LogP contribution in [0.5, 0.6) is 0 Å². The molecule has 2 rings (SSSR count). The highest BCUT2D eigenvalue weighted by atomic mass is 19.1. The normalized spacial score (nSPS) is 24.9. The summed E-state index contributed by atoms with van der Waals surface area (Å²) in [5.41, 5.74) is 1.21. The Hall–Kier alpha value is -0.930. The fourth-order valence-corrected chi connectivity index (χ4v) is 3.63. The van der Waals surface area contributed by atoms with E-state index in [9.17, 15) is 4.39 Å². The highest BCUT2D eigenvalue weighted by Crippen LogP contribution is 2.40. The summed E-state index contributed by atoms with van der Waals surface area (Å²) < 4.78 is 13.1. The van der Waals surface area contributed by atoms with Gasteiger partial charge in [-0.2, -0.15) is 0 Å². The first-order valence-corrected chi connectivity index (χ1v) is 7.64. The maximum Gasteiger partial charge on any atom is 0.123 e. The Kier molecular flexibility index (Phi) is 5.55. The zero-order valence-corrected chi connectivity index (χ0v) is 12.6. The van der Waals surface area contributed by atoms with E-state index >= 15 is 0 Å². The summed E-state index contributed by atoms with van der Waals surface area (Å²) in [5.74, 6) is 1.15. The van der Waals surface area contributed by atoms with Crippen LogP contribution in [0.2, 0.25) is 0 Å². The zero-order valence-electron chi connectivity index (χ0n) is 12.6. The van der Waals surface area contributed by atoms with E-state index in [2.05, 4.69) is 19.0 Å². The summed E-state index contributed by atoms with van der Waals surface area (Å²) in [7, 11) is 4.21. The molecule has 3 heteroatoms. The van der Waals surface area contributed by atoms with E-state index in [0.29, 0.717) is 24.5 Å². The number of halogens is 1. The average Bonchev–Trinajstić information content (AvgIpc) is 2.43. The van der Waals surface area contributed by atoms with Gasteiger partial charge in [-0.3, -0.25) is 0 Å². The molecule has 0 aliphatic heterocycles. The van der Waals surface area contributed by atoms with E-state index in [0.717, 1.165) is 6.42 Å². The molecule has 1 N–H and O–H groups in total. The molecule has 0 heterocycles. The van der Waals surface area contributed by atoms with Crippen molar-refractivity contribution in [1.82, 2.24) is 4.90 Å². The van der Waals surface area contributed by atoms with Gasteiger partial charge in [0, 0.05) is 12.6 Å². The predicted octanol–water partition coefficient (Wildman–Crippen LogP) is 3.62. The third kappa shape index (κ3) is 3.80. The number of hydrogen-bond donors (Lipinski definition) is 1. The van der Waals surface area contributed by atoms with Crippen molar-refractivity contribution in [3.63, 3.8) is 0 Å². The molecular formula is C17H26FNO. The smallest absolute Gasteiger partial charge is 0.123 e. The van der Waals surface area contributed by atoms with E-state index < -0.39 is 0 Å².